The minimum atomic E-state index is -0.474. The van der Waals surface area contributed by atoms with Crippen LogP contribution < -0.4 is 16.0 Å². The summed E-state index contributed by atoms with van der Waals surface area (Å²) in [5.41, 5.74) is 8.47. The molecule has 0 saturated carbocycles. The van der Waals surface area contributed by atoms with E-state index in [1.807, 2.05) is 12.1 Å². The number of nitrogen functional groups attached to an aromatic ring is 1. The van der Waals surface area contributed by atoms with E-state index in [0.29, 0.717) is 22.3 Å². The number of hydrogen-bond donors (Lipinski definition) is 2. The molecule has 6 nitrogen and oxygen atoms in total. The topological polar surface area (TPSA) is 76.2 Å². The van der Waals surface area contributed by atoms with Gasteiger partial charge in [0.15, 0.2) is 5.82 Å². The van der Waals surface area contributed by atoms with Gasteiger partial charge in [-0.15, -0.1) is 0 Å². The second-order valence-corrected chi connectivity index (χ2v) is 6.97. The van der Waals surface area contributed by atoms with Crippen LogP contribution >= 0.6 is 0 Å². The maximum absolute atomic E-state index is 14.2. The van der Waals surface area contributed by atoms with Crippen molar-refractivity contribution in [1.82, 2.24) is 9.78 Å². The van der Waals surface area contributed by atoms with Gasteiger partial charge in [0.1, 0.15) is 5.52 Å². The Morgan fingerprint density at radius 3 is 2.74 bits per heavy atom. The zero-order valence-electron chi connectivity index (χ0n) is 15.2. The van der Waals surface area contributed by atoms with E-state index < -0.39 is 5.82 Å². The SMILES string of the molecule is Cn1cc2cc(NC(=O)c3cc(N4CCCCC4)ccc3N)cc(F)c2n1. The number of halogens is 1. The summed E-state index contributed by atoms with van der Waals surface area (Å²) in [5, 5.41) is 7.46. The Labute approximate surface area is 156 Å². The van der Waals surface area contributed by atoms with E-state index in [1.54, 1.807) is 30.1 Å². The summed E-state index contributed by atoms with van der Waals surface area (Å²) in [6.07, 6.45) is 5.24. The van der Waals surface area contributed by atoms with Gasteiger partial charge in [-0.3, -0.25) is 9.48 Å². The minimum absolute atomic E-state index is 0.280. The molecule has 3 aromatic rings. The van der Waals surface area contributed by atoms with Crippen molar-refractivity contribution in [2.45, 2.75) is 19.3 Å². The molecule has 4 rings (SSSR count). The fourth-order valence-corrected chi connectivity index (χ4v) is 3.57. The van der Waals surface area contributed by atoms with E-state index in [0.717, 1.165) is 31.6 Å². The number of nitrogens with two attached hydrogens (primary N) is 1. The Morgan fingerprint density at radius 2 is 1.96 bits per heavy atom. The lowest BCUT2D eigenvalue weighted by Gasteiger charge is -2.29. The molecule has 27 heavy (non-hydrogen) atoms. The zero-order valence-corrected chi connectivity index (χ0v) is 15.2. The van der Waals surface area contributed by atoms with Crippen LogP contribution in [0.25, 0.3) is 10.9 Å². The number of carbonyl (C=O) groups is 1. The van der Waals surface area contributed by atoms with E-state index >= 15 is 0 Å². The van der Waals surface area contributed by atoms with Crippen molar-refractivity contribution in [2.24, 2.45) is 7.05 Å². The highest BCUT2D eigenvalue weighted by atomic mass is 19.1. The molecule has 0 radical (unpaired) electrons. The first-order valence-electron chi connectivity index (χ1n) is 9.10. The second kappa shape index (κ2) is 6.90. The van der Waals surface area contributed by atoms with Crippen LogP contribution in [0.2, 0.25) is 0 Å². The molecule has 7 heteroatoms. The van der Waals surface area contributed by atoms with Gasteiger partial charge < -0.3 is 16.0 Å². The Bertz CT molecular complexity index is 1010. The molecule has 0 unspecified atom stereocenters. The summed E-state index contributed by atoms with van der Waals surface area (Å²) < 4.78 is 15.8. The second-order valence-electron chi connectivity index (χ2n) is 6.97. The molecule has 1 aromatic heterocycles. The lowest BCUT2D eigenvalue weighted by molar-refractivity contribution is 0.102. The van der Waals surface area contributed by atoms with Crippen LogP contribution in [0.5, 0.6) is 0 Å². The number of carbonyl (C=O) groups excluding carboxylic acids is 1. The highest BCUT2D eigenvalue weighted by molar-refractivity contribution is 6.09. The number of aromatic nitrogens is 2. The third-order valence-corrected chi connectivity index (χ3v) is 4.94. The Hall–Kier alpha value is -3.09. The first-order chi connectivity index (χ1) is 13.0. The van der Waals surface area contributed by atoms with E-state index in [1.165, 1.54) is 12.5 Å². The molecule has 0 aliphatic carbocycles. The van der Waals surface area contributed by atoms with Crippen LogP contribution in [0.4, 0.5) is 21.5 Å². The van der Waals surface area contributed by atoms with Crippen molar-refractivity contribution < 1.29 is 9.18 Å². The fraction of sp³-hybridized carbons (Fsp3) is 0.300. The number of piperidine rings is 1. The van der Waals surface area contributed by atoms with Gasteiger partial charge in [0.25, 0.3) is 5.91 Å². The Morgan fingerprint density at radius 1 is 1.19 bits per heavy atom. The third kappa shape index (κ3) is 3.45. The van der Waals surface area contributed by atoms with Gasteiger partial charge in [-0.25, -0.2) is 4.39 Å². The van der Waals surface area contributed by atoms with Gasteiger partial charge in [-0.2, -0.15) is 5.10 Å². The molecule has 2 heterocycles. The van der Waals surface area contributed by atoms with Crippen LogP contribution in [-0.4, -0.2) is 28.8 Å². The summed E-state index contributed by atoms with van der Waals surface area (Å²) in [6.45, 7) is 1.96. The van der Waals surface area contributed by atoms with Crippen molar-refractivity contribution in [3.63, 3.8) is 0 Å². The molecule has 1 fully saturated rings. The average molecular weight is 367 g/mol. The predicted octanol–water partition coefficient (Wildman–Crippen LogP) is 3.54. The maximum Gasteiger partial charge on any atom is 0.257 e. The number of nitrogens with one attached hydrogen (secondary N) is 1. The highest BCUT2D eigenvalue weighted by Gasteiger charge is 2.17. The number of rotatable bonds is 3. The molecule has 1 aliphatic rings. The predicted molar refractivity (Wildman–Crippen MR) is 106 cm³/mol. The first-order valence-corrected chi connectivity index (χ1v) is 9.10. The summed E-state index contributed by atoms with van der Waals surface area (Å²) in [6, 6.07) is 8.49. The van der Waals surface area contributed by atoms with Gasteiger partial charge >= 0.3 is 0 Å². The van der Waals surface area contributed by atoms with E-state index in [9.17, 15) is 9.18 Å². The van der Waals surface area contributed by atoms with Crippen LogP contribution in [0.15, 0.2) is 36.5 Å². The van der Waals surface area contributed by atoms with E-state index in [-0.39, 0.29) is 11.4 Å². The lowest BCUT2D eigenvalue weighted by Crippen LogP contribution is -2.29. The first kappa shape index (κ1) is 17.3. The van der Waals surface area contributed by atoms with Crippen LogP contribution in [0.3, 0.4) is 0 Å². The number of fused-ring (bicyclic) bond motifs is 1. The smallest absolute Gasteiger partial charge is 0.257 e. The molecule has 2 aromatic carbocycles. The summed E-state index contributed by atoms with van der Waals surface area (Å²) in [7, 11) is 1.73. The van der Waals surface area contributed by atoms with E-state index in [4.69, 9.17) is 5.73 Å². The molecule has 140 valence electrons. The van der Waals surface area contributed by atoms with Crippen molar-refractivity contribution >= 4 is 33.9 Å². The van der Waals surface area contributed by atoms with Gasteiger partial charge in [-0.05, 0) is 49.6 Å². The van der Waals surface area contributed by atoms with Crippen LogP contribution in [-0.2, 0) is 7.05 Å². The Kier molecular flexibility index (Phi) is 4.43. The minimum Gasteiger partial charge on any atom is -0.398 e. The molecular weight excluding hydrogens is 345 g/mol. The number of amides is 1. The van der Waals surface area contributed by atoms with Crippen molar-refractivity contribution in [3.05, 3.63) is 47.9 Å². The maximum atomic E-state index is 14.2. The van der Waals surface area contributed by atoms with Crippen LogP contribution in [0, 0.1) is 5.82 Å². The molecular formula is C20H22FN5O. The lowest BCUT2D eigenvalue weighted by atomic mass is 10.1. The van der Waals surface area contributed by atoms with Gasteiger partial charge in [0.2, 0.25) is 0 Å². The largest absolute Gasteiger partial charge is 0.398 e. The summed E-state index contributed by atoms with van der Waals surface area (Å²) in [4.78, 5) is 15.0. The Balaban J connectivity index is 1.61. The number of hydrogen-bond acceptors (Lipinski definition) is 4. The van der Waals surface area contributed by atoms with Crippen molar-refractivity contribution in [1.29, 1.82) is 0 Å². The summed E-state index contributed by atoms with van der Waals surface area (Å²) in [5.74, 6) is -0.826. The molecule has 1 aliphatic heterocycles. The van der Waals surface area contributed by atoms with E-state index in [2.05, 4.69) is 15.3 Å². The van der Waals surface area contributed by atoms with Crippen molar-refractivity contribution in [3.8, 4) is 0 Å². The fourth-order valence-electron chi connectivity index (χ4n) is 3.57. The number of nitrogens with zero attached hydrogens (tertiary/aromatic N) is 3. The zero-order chi connectivity index (χ0) is 19.0. The monoisotopic (exact) mass is 367 g/mol. The molecule has 0 atom stereocenters. The third-order valence-electron chi connectivity index (χ3n) is 4.94. The molecule has 0 bridgehead atoms. The number of benzene rings is 2. The van der Waals surface area contributed by atoms with Gasteiger partial charge in [0, 0.05) is 48.8 Å². The van der Waals surface area contributed by atoms with Gasteiger partial charge in [0.05, 0.1) is 5.56 Å². The standard InChI is InChI=1S/C20H22FN5O/c1-25-12-13-9-14(10-17(21)19(13)24-25)23-20(27)16-11-15(5-6-18(16)22)26-7-3-2-4-8-26/h5-6,9-12H,2-4,7-8,22H2,1H3,(H,23,27). The van der Waals surface area contributed by atoms with Crippen molar-refractivity contribution in [2.75, 3.05) is 29.0 Å². The molecule has 1 saturated heterocycles. The summed E-state index contributed by atoms with van der Waals surface area (Å²) >= 11 is 0. The molecule has 3 N–H and O–H groups in total. The quantitative estimate of drug-likeness (QED) is 0.694. The number of anilines is 3. The highest BCUT2D eigenvalue weighted by Crippen LogP contribution is 2.26. The molecule has 1 amide bonds. The number of aryl methyl sites for hydroxylation is 1. The molecule has 0 spiro atoms. The van der Waals surface area contributed by atoms with Crippen LogP contribution in [0.1, 0.15) is 29.6 Å². The average Bonchev–Trinajstić information content (AvgIpc) is 3.03. The van der Waals surface area contributed by atoms with Gasteiger partial charge in [-0.1, -0.05) is 0 Å². The normalized spacial score (nSPS) is 14.5.